The Morgan fingerprint density at radius 3 is 1.81 bits per heavy atom. The van der Waals surface area contributed by atoms with Gasteiger partial charge in [0.15, 0.2) is 5.96 Å². The van der Waals surface area contributed by atoms with E-state index in [1.807, 2.05) is 25.1 Å². The number of nitrogens with two attached hydrogens (primary N) is 5. The zero-order chi connectivity index (χ0) is 58.8. The van der Waals surface area contributed by atoms with E-state index >= 15 is 0 Å². The lowest BCUT2D eigenvalue weighted by Crippen LogP contribution is -2.61. The van der Waals surface area contributed by atoms with Crippen molar-refractivity contribution in [1.82, 2.24) is 36.8 Å². The summed E-state index contributed by atoms with van der Waals surface area (Å²) in [5, 5.41) is 16.7. The first-order valence-corrected chi connectivity index (χ1v) is 28.9. The molecule has 2 aromatic rings. The third-order valence-corrected chi connectivity index (χ3v) is 16.2. The van der Waals surface area contributed by atoms with Crippen LogP contribution in [0.5, 0.6) is 5.75 Å². The van der Waals surface area contributed by atoms with E-state index in [1.165, 1.54) is 24.2 Å². The van der Waals surface area contributed by atoms with Gasteiger partial charge >= 0.3 is 0 Å². The summed E-state index contributed by atoms with van der Waals surface area (Å²) in [5.41, 5.74) is 29.2. The van der Waals surface area contributed by atoms with E-state index in [9.17, 15) is 43.2 Å². The van der Waals surface area contributed by atoms with Crippen LogP contribution in [-0.4, -0.2) is 133 Å². The van der Waals surface area contributed by atoms with Crippen LogP contribution in [0.3, 0.4) is 0 Å². The molecule has 4 aliphatic carbocycles. The van der Waals surface area contributed by atoms with Crippen molar-refractivity contribution in [3.8, 4) is 5.75 Å². The Kier molecular flexibility index (Phi) is 23.3. The second-order valence-corrected chi connectivity index (χ2v) is 23.2. The van der Waals surface area contributed by atoms with Crippen molar-refractivity contribution in [2.45, 2.75) is 172 Å². The molecule has 81 heavy (non-hydrogen) atoms. The molecule has 1 saturated heterocycles. The lowest BCUT2D eigenvalue weighted by Gasteiger charge is -2.56. The van der Waals surface area contributed by atoms with Gasteiger partial charge in [0.05, 0.1) is 13.0 Å². The SMILES string of the molecule is CCOc1ccc(C[C@@H](NC(=O)CC23CC4CC(CC(C4)C2)C3)C(=O)N[C@@H](Cc2ccccc2)C(=O)N[C@H](C(=O)N[C@@H](CC(N)=O)C(=O)N[C@@H](CCCCN)C(=O)N2CCC[C@H]2C(=O)N[C@@H](CCCN=C(N)N)C(N)=O)C(C)C)cc1. The fraction of sp³-hybridized carbons (Fsp3) is 0.621. The van der Waals surface area contributed by atoms with Gasteiger partial charge in [0, 0.05) is 32.4 Å². The normalized spacial score (nSPS) is 22.0. The highest BCUT2D eigenvalue weighted by Gasteiger charge is 2.52. The Bertz CT molecular complexity index is 2510. The zero-order valence-corrected chi connectivity index (χ0v) is 47.3. The summed E-state index contributed by atoms with van der Waals surface area (Å²) in [5.74, 6) is -4.59. The molecule has 7 rings (SSSR count). The molecule has 9 amide bonds. The number of guanidine groups is 1. The van der Waals surface area contributed by atoms with Crippen LogP contribution < -0.4 is 65.3 Å². The number of aliphatic imine (C=N–C) groups is 1. The molecule has 4 bridgehead atoms. The molecule has 1 heterocycles. The summed E-state index contributed by atoms with van der Waals surface area (Å²) in [6.45, 7) is 6.30. The third-order valence-electron chi connectivity index (χ3n) is 16.2. The Labute approximate surface area is 474 Å². The number of nitrogens with one attached hydrogen (secondary N) is 6. The van der Waals surface area contributed by atoms with Crippen molar-refractivity contribution in [3.63, 3.8) is 0 Å². The van der Waals surface area contributed by atoms with E-state index < -0.39 is 102 Å². The largest absolute Gasteiger partial charge is 0.494 e. The molecular formula is C58H87N13O10. The molecule has 5 fully saturated rings. The number of ether oxygens (including phenoxy) is 1. The van der Waals surface area contributed by atoms with Gasteiger partial charge in [-0.05, 0) is 149 Å². The smallest absolute Gasteiger partial charge is 0.245 e. The maximum Gasteiger partial charge on any atom is 0.245 e. The molecule has 2 aromatic carbocycles. The molecule has 5 aliphatic rings. The van der Waals surface area contributed by atoms with Crippen LogP contribution in [0.1, 0.15) is 128 Å². The number of carbonyl (C=O) groups excluding carboxylic acids is 9. The highest BCUT2D eigenvalue weighted by Crippen LogP contribution is 2.61. The molecule has 7 atom stereocenters. The Morgan fingerprint density at radius 2 is 1.23 bits per heavy atom. The summed E-state index contributed by atoms with van der Waals surface area (Å²) in [7, 11) is 0. The van der Waals surface area contributed by atoms with E-state index in [4.69, 9.17) is 33.4 Å². The standard InChI is InChI=1S/C58H87N13O10/c1-4-81-40-19-17-36(18-20-40)28-43(65-48(73)33-58-30-37-24-38(31-58)26-39(25-37)32-58)51(75)68-44(27-35-12-6-5-7-13-35)53(77)70-49(34(2)3)55(79)69-45(29-47(60)72)52(76)67-42(14-8-9-21-59)56(80)71-23-11-16-46(71)54(78)66-41(50(61)74)15-10-22-64-57(62)63/h5-7,12-13,17-20,34,37-39,41-46,49H,4,8-11,14-16,21-33,59H2,1-3H3,(H2,60,72)(H2,61,74)(H,65,73)(H,66,78)(H,67,76)(H,68,75)(H,69,79)(H,70,77)(H4,62,63,64)/t37?,38?,39?,41-,42-,43+,44-,45-,46-,49-,58?/m0/s1. The predicted octanol–water partition coefficient (Wildman–Crippen LogP) is 0.576. The summed E-state index contributed by atoms with van der Waals surface area (Å²) in [4.78, 5) is 130. The minimum Gasteiger partial charge on any atom is -0.494 e. The van der Waals surface area contributed by atoms with E-state index in [0.717, 1.165) is 24.8 Å². The Balaban J connectivity index is 1.17. The average Bonchev–Trinajstić information content (AvgIpc) is 3.54. The number of carbonyl (C=O) groups is 9. The minimum atomic E-state index is -1.63. The summed E-state index contributed by atoms with van der Waals surface area (Å²) < 4.78 is 5.65. The van der Waals surface area contributed by atoms with Crippen molar-refractivity contribution in [1.29, 1.82) is 0 Å². The quantitative estimate of drug-likeness (QED) is 0.0272. The molecule has 4 saturated carbocycles. The number of hydrogen-bond acceptors (Lipinski definition) is 12. The number of benzene rings is 2. The van der Waals surface area contributed by atoms with Gasteiger partial charge in [-0.25, -0.2) is 0 Å². The van der Waals surface area contributed by atoms with Crippen LogP contribution in [0.4, 0.5) is 0 Å². The van der Waals surface area contributed by atoms with E-state index in [-0.39, 0.29) is 69.0 Å². The van der Waals surface area contributed by atoms with Gasteiger partial charge in [-0.2, -0.15) is 0 Å². The van der Waals surface area contributed by atoms with Crippen LogP contribution >= 0.6 is 0 Å². The Hall–Kier alpha value is -7.30. The van der Waals surface area contributed by atoms with Crippen molar-refractivity contribution in [2.75, 3.05) is 26.2 Å². The molecule has 0 spiro atoms. The molecule has 0 unspecified atom stereocenters. The molecule has 16 N–H and O–H groups in total. The molecular weight excluding hydrogens is 1040 g/mol. The minimum absolute atomic E-state index is 0.0000792. The third kappa shape index (κ3) is 18.6. The second kappa shape index (κ2) is 30.0. The van der Waals surface area contributed by atoms with Crippen LogP contribution in [0.2, 0.25) is 0 Å². The molecule has 0 radical (unpaired) electrons. The van der Waals surface area contributed by atoms with Crippen LogP contribution in [-0.2, 0) is 56.0 Å². The summed E-state index contributed by atoms with van der Waals surface area (Å²) >= 11 is 0. The van der Waals surface area contributed by atoms with Gasteiger partial charge in [-0.3, -0.25) is 48.1 Å². The van der Waals surface area contributed by atoms with Crippen molar-refractivity contribution in [3.05, 3.63) is 65.7 Å². The number of primary amides is 2. The maximum absolute atomic E-state index is 14.7. The highest BCUT2D eigenvalue weighted by atomic mass is 16.5. The first-order chi connectivity index (χ1) is 38.7. The molecule has 23 heteroatoms. The van der Waals surface area contributed by atoms with Crippen LogP contribution in [0.25, 0.3) is 0 Å². The lowest BCUT2D eigenvalue weighted by molar-refractivity contribution is -0.142. The van der Waals surface area contributed by atoms with Crippen molar-refractivity contribution in [2.24, 2.45) is 62.7 Å². The number of rotatable bonds is 32. The van der Waals surface area contributed by atoms with Gasteiger partial charge in [-0.1, -0.05) is 56.3 Å². The first kappa shape index (κ1) is 62.9. The van der Waals surface area contributed by atoms with Gasteiger partial charge in [0.2, 0.25) is 53.2 Å². The van der Waals surface area contributed by atoms with E-state index in [0.29, 0.717) is 67.8 Å². The van der Waals surface area contributed by atoms with Gasteiger partial charge in [-0.15, -0.1) is 0 Å². The number of amides is 9. The molecule has 23 nitrogen and oxygen atoms in total. The second-order valence-electron chi connectivity index (χ2n) is 23.2. The van der Waals surface area contributed by atoms with Crippen molar-refractivity contribution >= 4 is 59.1 Å². The number of nitrogens with zero attached hydrogens (tertiary/aromatic N) is 2. The van der Waals surface area contributed by atoms with E-state index in [1.54, 1.807) is 50.2 Å². The van der Waals surface area contributed by atoms with Gasteiger partial charge in [0.1, 0.15) is 48.0 Å². The van der Waals surface area contributed by atoms with E-state index in [2.05, 4.69) is 36.9 Å². The molecule has 0 aromatic heterocycles. The number of likely N-dealkylation sites (tertiary alicyclic amines) is 1. The van der Waals surface area contributed by atoms with Crippen LogP contribution in [0, 0.1) is 29.1 Å². The van der Waals surface area contributed by atoms with Crippen LogP contribution in [0.15, 0.2) is 59.6 Å². The van der Waals surface area contributed by atoms with Crippen molar-refractivity contribution < 1.29 is 47.9 Å². The highest BCUT2D eigenvalue weighted by molar-refractivity contribution is 5.99. The fourth-order valence-corrected chi connectivity index (χ4v) is 12.8. The fourth-order valence-electron chi connectivity index (χ4n) is 12.8. The summed E-state index contributed by atoms with van der Waals surface area (Å²) in [6, 6.07) is 7.58. The van der Waals surface area contributed by atoms with Gasteiger partial charge in [0.25, 0.3) is 0 Å². The molecule has 1 aliphatic heterocycles. The number of hydrogen-bond donors (Lipinski definition) is 11. The maximum atomic E-state index is 14.7. The first-order valence-electron chi connectivity index (χ1n) is 28.9. The average molecular weight is 1130 g/mol. The Morgan fingerprint density at radius 1 is 0.667 bits per heavy atom. The zero-order valence-electron chi connectivity index (χ0n) is 47.3. The van der Waals surface area contributed by atoms with Gasteiger partial charge < -0.3 is 70.2 Å². The predicted molar refractivity (Wildman–Crippen MR) is 304 cm³/mol. The molecule has 444 valence electrons. The summed E-state index contributed by atoms with van der Waals surface area (Å²) in [6.07, 6.45) is 8.46. The lowest BCUT2D eigenvalue weighted by atomic mass is 9.49. The monoisotopic (exact) mass is 1130 g/mol. The topological polar surface area (TPSA) is 381 Å². The number of unbranched alkanes of at least 4 members (excludes halogenated alkanes) is 1.